The molecule has 179 valence electrons. The molecule has 0 amide bonds. The molecule has 0 nitrogen and oxygen atoms in total. The predicted molar refractivity (Wildman–Crippen MR) is 139 cm³/mol. The first-order chi connectivity index (χ1) is 14.9. The van der Waals surface area contributed by atoms with Crippen molar-refractivity contribution in [2.45, 2.75) is 180 Å². The maximum atomic E-state index is 5.40. The molecule has 0 atom stereocenters. The van der Waals surface area contributed by atoms with Gasteiger partial charge in [0.1, 0.15) is 0 Å². The average molecular weight is 420 g/mol. The first kappa shape index (κ1) is 29.7. The zero-order chi connectivity index (χ0) is 21.8. The Hall–Kier alpha value is -0.260. The van der Waals surface area contributed by atoms with Crippen LogP contribution in [0.25, 0.3) is 0 Å². The van der Waals surface area contributed by atoms with E-state index in [0.717, 1.165) is 6.42 Å². The SMILES string of the molecule is [CH]=CCCCCCCCCCCCCCCCCCCCCCCCCCCCC. The van der Waals surface area contributed by atoms with E-state index in [9.17, 15) is 0 Å². The maximum Gasteiger partial charge on any atom is -0.0348 e. The van der Waals surface area contributed by atoms with Gasteiger partial charge in [-0.1, -0.05) is 180 Å². The first-order valence-electron chi connectivity index (χ1n) is 14.4. The molecule has 0 unspecified atom stereocenters. The first-order valence-corrected chi connectivity index (χ1v) is 14.4. The van der Waals surface area contributed by atoms with E-state index in [4.69, 9.17) is 6.58 Å². The Morgan fingerprint density at radius 2 is 0.533 bits per heavy atom. The van der Waals surface area contributed by atoms with E-state index in [1.165, 1.54) is 167 Å². The molecule has 0 aliphatic rings. The van der Waals surface area contributed by atoms with Gasteiger partial charge in [0, 0.05) is 0 Å². The molecule has 0 rings (SSSR count). The molecule has 0 aliphatic heterocycles. The zero-order valence-corrected chi connectivity index (χ0v) is 21.2. The summed E-state index contributed by atoms with van der Waals surface area (Å²) in [5.74, 6) is 0. The predicted octanol–water partition coefficient (Wildman–Crippen LogP) is 11.5. The van der Waals surface area contributed by atoms with E-state index < -0.39 is 0 Å². The van der Waals surface area contributed by atoms with Crippen LogP contribution in [0.4, 0.5) is 0 Å². The van der Waals surface area contributed by atoms with Crippen LogP contribution in [0.1, 0.15) is 180 Å². The molecule has 0 spiro atoms. The van der Waals surface area contributed by atoms with Gasteiger partial charge in [0.2, 0.25) is 0 Å². The largest absolute Gasteiger partial charge is 0.0845 e. The summed E-state index contributed by atoms with van der Waals surface area (Å²) in [4.78, 5) is 0. The number of rotatable bonds is 27. The van der Waals surface area contributed by atoms with Crippen molar-refractivity contribution < 1.29 is 0 Å². The van der Waals surface area contributed by atoms with Crippen LogP contribution in [0, 0.1) is 6.58 Å². The van der Waals surface area contributed by atoms with Crippen LogP contribution in [0.5, 0.6) is 0 Å². The topological polar surface area (TPSA) is 0 Å². The normalized spacial score (nSPS) is 11.2. The third-order valence-corrected chi connectivity index (χ3v) is 6.72. The Bertz CT molecular complexity index is 292. The maximum absolute atomic E-state index is 5.40. The summed E-state index contributed by atoms with van der Waals surface area (Å²) in [6, 6.07) is 0. The van der Waals surface area contributed by atoms with E-state index in [2.05, 4.69) is 6.92 Å². The van der Waals surface area contributed by atoms with Crippen LogP contribution in [0.2, 0.25) is 0 Å². The Morgan fingerprint density at radius 3 is 0.733 bits per heavy atom. The molecule has 0 bridgehead atoms. The molecular weight excluding hydrogens is 360 g/mol. The zero-order valence-electron chi connectivity index (χ0n) is 21.2. The van der Waals surface area contributed by atoms with Gasteiger partial charge < -0.3 is 0 Å². The van der Waals surface area contributed by atoms with Crippen molar-refractivity contribution in [1.82, 2.24) is 0 Å². The molecule has 0 aromatic heterocycles. The molecule has 0 heterocycles. The van der Waals surface area contributed by atoms with Crippen LogP contribution >= 0.6 is 0 Å². The van der Waals surface area contributed by atoms with Crippen LogP contribution in [0.3, 0.4) is 0 Å². The van der Waals surface area contributed by atoms with Crippen LogP contribution in [-0.2, 0) is 0 Å². The minimum absolute atomic E-state index is 1.10. The number of allylic oxidation sites excluding steroid dienone is 1. The highest BCUT2D eigenvalue weighted by atomic mass is 14.0. The molecule has 0 fully saturated rings. The van der Waals surface area contributed by atoms with Crippen molar-refractivity contribution >= 4 is 0 Å². The molecule has 0 aromatic rings. The minimum atomic E-state index is 1.10. The fraction of sp³-hybridized carbons (Fsp3) is 0.933. The second-order valence-electron chi connectivity index (χ2n) is 9.86. The van der Waals surface area contributed by atoms with Crippen molar-refractivity contribution in [3.63, 3.8) is 0 Å². The highest BCUT2D eigenvalue weighted by Crippen LogP contribution is 2.16. The lowest BCUT2D eigenvalue weighted by Gasteiger charge is -2.04. The van der Waals surface area contributed by atoms with Crippen LogP contribution < -0.4 is 0 Å². The number of hydrogen-bond donors (Lipinski definition) is 0. The van der Waals surface area contributed by atoms with Crippen LogP contribution in [0.15, 0.2) is 6.08 Å². The van der Waals surface area contributed by atoms with E-state index in [-0.39, 0.29) is 0 Å². The highest BCUT2D eigenvalue weighted by Gasteiger charge is 1.96. The molecule has 0 N–H and O–H groups in total. The van der Waals surface area contributed by atoms with Gasteiger partial charge in [-0.2, -0.15) is 0 Å². The van der Waals surface area contributed by atoms with Gasteiger partial charge in [0.25, 0.3) is 0 Å². The van der Waals surface area contributed by atoms with Crippen molar-refractivity contribution in [2.24, 2.45) is 0 Å². The van der Waals surface area contributed by atoms with Gasteiger partial charge in [0.05, 0.1) is 0 Å². The standard InChI is InChI=1S/C30H59/c1-3-5-7-9-11-13-15-17-19-21-23-25-27-29-30-28-26-24-22-20-18-16-14-12-10-8-6-4-2/h1,3H,4-30H2,2H3. The minimum Gasteiger partial charge on any atom is -0.0845 e. The van der Waals surface area contributed by atoms with Crippen molar-refractivity contribution in [1.29, 1.82) is 0 Å². The Labute approximate surface area is 193 Å². The fourth-order valence-electron chi connectivity index (χ4n) is 4.58. The molecular formula is C30H59. The van der Waals surface area contributed by atoms with Gasteiger partial charge in [-0.05, 0) is 12.8 Å². The Balaban J connectivity index is 2.98. The summed E-state index contributed by atoms with van der Waals surface area (Å²) in [5, 5.41) is 0. The van der Waals surface area contributed by atoms with E-state index in [1.807, 2.05) is 0 Å². The second kappa shape index (κ2) is 28.7. The summed E-state index contributed by atoms with van der Waals surface area (Å²) in [7, 11) is 0. The Morgan fingerprint density at radius 1 is 0.333 bits per heavy atom. The van der Waals surface area contributed by atoms with Gasteiger partial charge in [-0.25, -0.2) is 0 Å². The molecule has 0 saturated heterocycles. The molecule has 0 aromatic carbocycles. The lowest BCUT2D eigenvalue weighted by atomic mass is 10.0. The van der Waals surface area contributed by atoms with Gasteiger partial charge >= 0.3 is 0 Å². The lowest BCUT2D eigenvalue weighted by molar-refractivity contribution is 0.515. The Kier molecular flexibility index (Phi) is 28.5. The fourth-order valence-corrected chi connectivity index (χ4v) is 4.58. The van der Waals surface area contributed by atoms with Gasteiger partial charge in [-0.3, -0.25) is 0 Å². The average Bonchev–Trinajstić information content (AvgIpc) is 2.76. The molecule has 30 heavy (non-hydrogen) atoms. The van der Waals surface area contributed by atoms with Crippen molar-refractivity contribution in [2.75, 3.05) is 0 Å². The number of hydrogen-bond acceptors (Lipinski definition) is 0. The smallest absolute Gasteiger partial charge is 0.0348 e. The summed E-state index contributed by atoms with van der Waals surface area (Å²) in [5.41, 5.74) is 0. The third kappa shape index (κ3) is 27.7. The lowest BCUT2D eigenvalue weighted by Crippen LogP contribution is -1.84. The van der Waals surface area contributed by atoms with Gasteiger partial charge in [-0.15, -0.1) is 0 Å². The second-order valence-corrected chi connectivity index (χ2v) is 9.86. The van der Waals surface area contributed by atoms with E-state index >= 15 is 0 Å². The quantitative estimate of drug-likeness (QED) is 0.116. The third-order valence-electron chi connectivity index (χ3n) is 6.72. The highest BCUT2D eigenvalue weighted by molar-refractivity contribution is 4.61. The van der Waals surface area contributed by atoms with Crippen molar-refractivity contribution in [3.05, 3.63) is 12.7 Å². The molecule has 0 heteroatoms. The summed E-state index contributed by atoms with van der Waals surface area (Å²) in [6.45, 7) is 7.71. The van der Waals surface area contributed by atoms with Gasteiger partial charge in [0.15, 0.2) is 0 Å². The molecule has 0 aliphatic carbocycles. The monoisotopic (exact) mass is 419 g/mol. The molecule has 0 saturated carbocycles. The molecule has 1 radical (unpaired) electrons. The number of unbranched alkanes of at least 4 members (excludes halogenated alkanes) is 26. The van der Waals surface area contributed by atoms with E-state index in [1.54, 1.807) is 6.08 Å². The van der Waals surface area contributed by atoms with Crippen LogP contribution in [-0.4, -0.2) is 0 Å². The van der Waals surface area contributed by atoms with E-state index in [0.29, 0.717) is 0 Å². The summed E-state index contributed by atoms with van der Waals surface area (Å²) < 4.78 is 0. The van der Waals surface area contributed by atoms with Crippen molar-refractivity contribution in [3.8, 4) is 0 Å². The summed E-state index contributed by atoms with van der Waals surface area (Å²) in [6.07, 6.45) is 40.8. The summed E-state index contributed by atoms with van der Waals surface area (Å²) >= 11 is 0.